The normalized spacial score (nSPS) is 18.6. The van der Waals surface area contributed by atoms with Crippen molar-refractivity contribution in [3.05, 3.63) is 29.3 Å². The fourth-order valence-electron chi connectivity index (χ4n) is 2.72. The van der Waals surface area contributed by atoms with Gasteiger partial charge in [0, 0.05) is 6.54 Å². The summed E-state index contributed by atoms with van der Waals surface area (Å²) in [5.74, 6) is 0.546. The van der Waals surface area contributed by atoms with Crippen LogP contribution >= 0.6 is 0 Å². The molecule has 1 unspecified atom stereocenters. The monoisotopic (exact) mass is 275 g/mol. The highest BCUT2D eigenvalue weighted by Gasteiger charge is 2.30. The Morgan fingerprint density at radius 3 is 2.70 bits per heavy atom. The summed E-state index contributed by atoms with van der Waals surface area (Å²) in [6.45, 7) is 10.7. The van der Waals surface area contributed by atoms with Crippen LogP contribution in [0.15, 0.2) is 18.2 Å². The van der Waals surface area contributed by atoms with Crippen molar-refractivity contribution in [2.75, 3.05) is 11.4 Å². The van der Waals surface area contributed by atoms with Crippen LogP contribution in [0.2, 0.25) is 0 Å². The van der Waals surface area contributed by atoms with Crippen molar-refractivity contribution in [2.24, 2.45) is 0 Å². The SMILES string of the molecule is CCC1CCN(C(=O)OC(C)(C)C)c2cc(C)ccc21. The third-order valence-corrected chi connectivity index (χ3v) is 3.72. The predicted molar refractivity (Wildman–Crippen MR) is 82.4 cm³/mol. The third-order valence-electron chi connectivity index (χ3n) is 3.72. The van der Waals surface area contributed by atoms with E-state index in [1.807, 2.05) is 20.8 Å². The summed E-state index contributed by atoms with van der Waals surface area (Å²) in [5, 5.41) is 0. The van der Waals surface area contributed by atoms with Gasteiger partial charge in [-0.2, -0.15) is 0 Å². The van der Waals surface area contributed by atoms with Gasteiger partial charge in [-0.15, -0.1) is 0 Å². The summed E-state index contributed by atoms with van der Waals surface area (Å²) in [5.41, 5.74) is 3.02. The molecule has 0 bridgehead atoms. The Morgan fingerprint density at radius 2 is 2.10 bits per heavy atom. The summed E-state index contributed by atoms with van der Waals surface area (Å²) in [6, 6.07) is 6.39. The van der Waals surface area contributed by atoms with Crippen LogP contribution in [0.3, 0.4) is 0 Å². The van der Waals surface area contributed by atoms with Crippen LogP contribution in [0.1, 0.15) is 57.6 Å². The van der Waals surface area contributed by atoms with Crippen molar-refractivity contribution in [3.63, 3.8) is 0 Å². The van der Waals surface area contributed by atoms with Crippen LogP contribution in [0.5, 0.6) is 0 Å². The number of ether oxygens (including phenoxy) is 1. The third kappa shape index (κ3) is 3.14. The molecule has 0 saturated heterocycles. The van der Waals surface area contributed by atoms with Crippen LogP contribution < -0.4 is 4.90 Å². The number of benzene rings is 1. The first-order valence-electron chi connectivity index (χ1n) is 7.43. The van der Waals surface area contributed by atoms with Gasteiger partial charge in [-0.1, -0.05) is 19.1 Å². The summed E-state index contributed by atoms with van der Waals surface area (Å²) < 4.78 is 5.53. The van der Waals surface area contributed by atoms with Crippen LogP contribution in [0.25, 0.3) is 0 Å². The minimum Gasteiger partial charge on any atom is -0.443 e. The van der Waals surface area contributed by atoms with Crippen molar-refractivity contribution in [2.45, 2.75) is 59.0 Å². The van der Waals surface area contributed by atoms with Gasteiger partial charge in [-0.3, -0.25) is 4.90 Å². The van der Waals surface area contributed by atoms with Crippen LogP contribution in [0.4, 0.5) is 10.5 Å². The molecule has 1 heterocycles. The number of nitrogens with zero attached hydrogens (tertiary/aromatic N) is 1. The molecule has 0 fully saturated rings. The van der Waals surface area contributed by atoms with Gasteiger partial charge >= 0.3 is 6.09 Å². The number of aryl methyl sites for hydroxylation is 1. The fraction of sp³-hybridized carbons (Fsp3) is 0.588. The summed E-state index contributed by atoms with van der Waals surface area (Å²) in [6.07, 6.45) is 1.88. The van der Waals surface area contributed by atoms with Gasteiger partial charge < -0.3 is 4.74 Å². The van der Waals surface area contributed by atoms with Crippen LogP contribution in [-0.4, -0.2) is 18.2 Å². The first-order chi connectivity index (χ1) is 9.31. The van der Waals surface area contributed by atoms with E-state index in [2.05, 4.69) is 32.0 Å². The Balaban J connectivity index is 2.33. The second kappa shape index (κ2) is 5.47. The Morgan fingerprint density at radius 1 is 1.40 bits per heavy atom. The second-order valence-corrected chi connectivity index (χ2v) is 6.59. The molecule has 20 heavy (non-hydrogen) atoms. The average Bonchev–Trinajstić information content (AvgIpc) is 2.34. The summed E-state index contributed by atoms with van der Waals surface area (Å²) >= 11 is 0. The molecule has 3 nitrogen and oxygen atoms in total. The van der Waals surface area contributed by atoms with E-state index in [1.165, 1.54) is 11.1 Å². The van der Waals surface area contributed by atoms with Crippen molar-refractivity contribution < 1.29 is 9.53 Å². The summed E-state index contributed by atoms with van der Waals surface area (Å²) in [4.78, 5) is 14.2. The first-order valence-corrected chi connectivity index (χ1v) is 7.43. The molecule has 2 rings (SSSR count). The van der Waals surface area contributed by atoms with Gasteiger partial charge in [0.1, 0.15) is 5.60 Å². The molecule has 0 aromatic heterocycles. The van der Waals surface area contributed by atoms with Crippen molar-refractivity contribution in [3.8, 4) is 0 Å². The number of amides is 1. The Labute approximate surface area is 121 Å². The lowest BCUT2D eigenvalue weighted by Crippen LogP contribution is -2.40. The van der Waals surface area contributed by atoms with Crippen LogP contribution in [0, 0.1) is 6.92 Å². The van der Waals surface area contributed by atoms with E-state index in [0.29, 0.717) is 5.92 Å². The molecule has 110 valence electrons. The fourth-order valence-corrected chi connectivity index (χ4v) is 2.72. The highest BCUT2D eigenvalue weighted by molar-refractivity contribution is 5.89. The van der Waals surface area contributed by atoms with Gasteiger partial charge in [0.2, 0.25) is 0 Å². The molecule has 0 radical (unpaired) electrons. The quantitative estimate of drug-likeness (QED) is 0.747. The van der Waals surface area contributed by atoms with E-state index < -0.39 is 5.60 Å². The van der Waals surface area contributed by atoms with Crippen LogP contribution in [-0.2, 0) is 4.74 Å². The molecule has 1 amide bonds. The number of hydrogen-bond donors (Lipinski definition) is 0. The molecule has 0 aliphatic carbocycles. The van der Waals surface area contributed by atoms with E-state index in [0.717, 1.165) is 25.1 Å². The van der Waals surface area contributed by atoms with E-state index in [1.54, 1.807) is 4.90 Å². The molecule has 0 N–H and O–H groups in total. The lowest BCUT2D eigenvalue weighted by molar-refractivity contribution is 0.0576. The number of carbonyl (C=O) groups excluding carboxylic acids is 1. The largest absolute Gasteiger partial charge is 0.443 e. The van der Waals surface area contributed by atoms with Crippen molar-refractivity contribution in [1.29, 1.82) is 0 Å². The minimum atomic E-state index is -0.456. The summed E-state index contributed by atoms with van der Waals surface area (Å²) in [7, 11) is 0. The van der Waals surface area contributed by atoms with Gasteiger partial charge in [-0.25, -0.2) is 4.79 Å². The van der Waals surface area contributed by atoms with Crippen molar-refractivity contribution in [1.82, 2.24) is 0 Å². The number of fused-ring (bicyclic) bond motifs is 1. The Bertz CT molecular complexity index is 502. The maximum Gasteiger partial charge on any atom is 0.414 e. The molecule has 1 aliphatic heterocycles. The van der Waals surface area contributed by atoms with Gasteiger partial charge in [0.15, 0.2) is 0 Å². The topological polar surface area (TPSA) is 29.5 Å². The molecule has 1 aromatic rings. The number of anilines is 1. The average molecular weight is 275 g/mol. The lowest BCUT2D eigenvalue weighted by atomic mass is 9.87. The lowest BCUT2D eigenvalue weighted by Gasteiger charge is -2.35. The minimum absolute atomic E-state index is 0.237. The second-order valence-electron chi connectivity index (χ2n) is 6.59. The maximum atomic E-state index is 12.4. The number of carbonyl (C=O) groups is 1. The zero-order valence-electron chi connectivity index (χ0n) is 13.2. The molecule has 1 aliphatic rings. The van der Waals surface area contributed by atoms with E-state index in [-0.39, 0.29) is 6.09 Å². The highest BCUT2D eigenvalue weighted by atomic mass is 16.6. The number of rotatable bonds is 1. The van der Waals surface area contributed by atoms with Gasteiger partial charge in [-0.05, 0) is 63.6 Å². The highest BCUT2D eigenvalue weighted by Crippen LogP contribution is 2.38. The number of hydrogen-bond acceptors (Lipinski definition) is 2. The standard InChI is InChI=1S/C17H25NO2/c1-6-13-9-10-18(16(19)20-17(3,4)5)15-11-12(2)7-8-14(13)15/h7-8,11,13H,6,9-10H2,1-5H3. The van der Waals surface area contributed by atoms with Gasteiger partial charge in [0.05, 0.1) is 5.69 Å². The first kappa shape index (κ1) is 14.9. The predicted octanol–water partition coefficient (Wildman–Crippen LogP) is 4.63. The maximum absolute atomic E-state index is 12.4. The molecule has 1 aromatic carbocycles. The van der Waals surface area contributed by atoms with E-state index >= 15 is 0 Å². The van der Waals surface area contributed by atoms with E-state index in [9.17, 15) is 4.79 Å². The zero-order valence-corrected chi connectivity index (χ0v) is 13.2. The molecular formula is C17H25NO2. The molecular weight excluding hydrogens is 250 g/mol. The smallest absolute Gasteiger partial charge is 0.414 e. The molecule has 0 saturated carbocycles. The molecule has 3 heteroatoms. The molecule has 0 spiro atoms. The Hall–Kier alpha value is -1.51. The molecule has 1 atom stereocenters. The van der Waals surface area contributed by atoms with E-state index in [4.69, 9.17) is 4.74 Å². The zero-order chi connectivity index (χ0) is 14.9. The Kier molecular flexibility index (Phi) is 4.07. The van der Waals surface area contributed by atoms with Gasteiger partial charge in [0.25, 0.3) is 0 Å². The van der Waals surface area contributed by atoms with Crippen molar-refractivity contribution >= 4 is 11.8 Å².